The summed E-state index contributed by atoms with van der Waals surface area (Å²) in [5.74, 6) is 1.00. The average Bonchev–Trinajstić information content (AvgIpc) is 2.97. The van der Waals surface area contributed by atoms with Gasteiger partial charge in [0, 0.05) is 18.7 Å². The van der Waals surface area contributed by atoms with E-state index in [4.69, 9.17) is 10.3 Å². The number of benzene rings is 1. The van der Waals surface area contributed by atoms with Gasteiger partial charge >= 0.3 is 0 Å². The SMILES string of the molecule is NC(Cc1nc(-c2ccccn2)no1)c1ccccc1. The Kier molecular flexibility index (Phi) is 3.52. The third-order valence-corrected chi connectivity index (χ3v) is 2.98. The van der Waals surface area contributed by atoms with Gasteiger partial charge in [0.2, 0.25) is 11.7 Å². The Morgan fingerprint density at radius 1 is 1.05 bits per heavy atom. The lowest BCUT2D eigenvalue weighted by atomic mass is 10.1. The Balaban J connectivity index is 1.75. The standard InChI is InChI=1S/C15H14N4O/c16-12(11-6-2-1-3-7-11)10-14-18-15(19-20-14)13-8-4-5-9-17-13/h1-9,12H,10,16H2. The van der Waals surface area contributed by atoms with E-state index in [0.717, 1.165) is 5.56 Å². The minimum absolute atomic E-state index is 0.159. The molecule has 1 aromatic carbocycles. The molecule has 3 aromatic rings. The van der Waals surface area contributed by atoms with Gasteiger partial charge in [0.05, 0.1) is 0 Å². The van der Waals surface area contributed by atoms with Gasteiger partial charge in [-0.2, -0.15) is 4.98 Å². The van der Waals surface area contributed by atoms with Gasteiger partial charge in [-0.05, 0) is 17.7 Å². The summed E-state index contributed by atoms with van der Waals surface area (Å²) in [6.07, 6.45) is 2.20. The van der Waals surface area contributed by atoms with Gasteiger partial charge in [0.15, 0.2) is 0 Å². The maximum absolute atomic E-state index is 6.13. The number of rotatable bonds is 4. The highest BCUT2D eigenvalue weighted by Crippen LogP contribution is 2.17. The van der Waals surface area contributed by atoms with E-state index in [1.807, 2.05) is 48.5 Å². The van der Waals surface area contributed by atoms with Crippen molar-refractivity contribution in [1.82, 2.24) is 15.1 Å². The quantitative estimate of drug-likeness (QED) is 0.784. The first kappa shape index (κ1) is 12.5. The molecule has 0 spiro atoms. The minimum atomic E-state index is -0.159. The van der Waals surface area contributed by atoms with Crippen molar-refractivity contribution < 1.29 is 4.52 Å². The maximum atomic E-state index is 6.13. The molecule has 0 aliphatic heterocycles. The fraction of sp³-hybridized carbons (Fsp3) is 0.133. The Bertz CT molecular complexity index is 667. The topological polar surface area (TPSA) is 77.8 Å². The zero-order chi connectivity index (χ0) is 13.8. The molecule has 0 aliphatic rings. The average molecular weight is 266 g/mol. The minimum Gasteiger partial charge on any atom is -0.339 e. The van der Waals surface area contributed by atoms with Crippen LogP contribution in [-0.2, 0) is 6.42 Å². The van der Waals surface area contributed by atoms with E-state index in [1.165, 1.54) is 0 Å². The molecule has 1 atom stereocenters. The molecule has 0 bridgehead atoms. The summed E-state index contributed by atoms with van der Waals surface area (Å²) in [4.78, 5) is 8.51. The lowest BCUT2D eigenvalue weighted by Gasteiger charge is -2.08. The molecule has 5 nitrogen and oxygen atoms in total. The Morgan fingerprint density at radius 2 is 1.85 bits per heavy atom. The largest absolute Gasteiger partial charge is 0.339 e. The lowest BCUT2D eigenvalue weighted by molar-refractivity contribution is 0.370. The molecule has 20 heavy (non-hydrogen) atoms. The normalized spacial score (nSPS) is 12.2. The predicted octanol–water partition coefficient (Wildman–Crippen LogP) is 2.37. The van der Waals surface area contributed by atoms with Crippen molar-refractivity contribution in [2.75, 3.05) is 0 Å². The van der Waals surface area contributed by atoms with E-state index in [-0.39, 0.29) is 6.04 Å². The van der Waals surface area contributed by atoms with E-state index in [0.29, 0.717) is 23.8 Å². The first-order valence-electron chi connectivity index (χ1n) is 6.37. The number of pyridine rings is 1. The molecule has 0 aliphatic carbocycles. The second kappa shape index (κ2) is 5.63. The van der Waals surface area contributed by atoms with Crippen molar-refractivity contribution in [3.8, 4) is 11.5 Å². The summed E-state index contributed by atoms with van der Waals surface area (Å²) in [6, 6.07) is 15.3. The van der Waals surface area contributed by atoms with Crippen LogP contribution < -0.4 is 5.73 Å². The van der Waals surface area contributed by atoms with E-state index in [2.05, 4.69) is 15.1 Å². The van der Waals surface area contributed by atoms with Crippen LogP contribution in [0.25, 0.3) is 11.5 Å². The fourth-order valence-corrected chi connectivity index (χ4v) is 1.94. The monoisotopic (exact) mass is 266 g/mol. The zero-order valence-corrected chi connectivity index (χ0v) is 10.8. The molecule has 0 saturated heterocycles. The third-order valence-electron chi connectivity index (χ3n) is 2.98. The smallest absolute Gasteiger partial charge is 0.228 e. The molecule has 3 rings (SSSR count). The van der Waals surface area contributed by atoms with Gasteiger partial charge in [0.25, 0.3) is 0 Å². The van der Waals surface area contributed by atoms with Crippen LogP contribution in [0.2, 0.25) is 0 Å². The Morgan fingerprint density at radius 3 is 2.60 bits per heavy atom. The molecule has 2 aromatic heterocycles. The van der Waals surface area contributed by atoms with Gasteiger partial charge in [-0.3, -0.25) is 4.98 Å². The zero-order valence-electron chi connectivity index (χ0n) is 10.8. The second-order valence-electron chi connectivity index (χ2n) is 4.45. The van der Waals surface area contributed by atoms with Crippen LogP contribution in [0.3, 0.4) is 0 Å². The summed E-state index contributed by atoms with van der Waals surface area (Å²) >= 11 is 0. The summed E-state index contributed by atoms with van der Waals surface area (Å²) in [5.41, 5.74) is 7.87. The number of hydrogen-bond donors (Lipinski definition) is 1. The Labute approximate surface area is 116 Å². The van der Waals surface area contributed by atoms with Gasteiger partial charge in [-0.15, -0.1) is 0 Å². The van der Waals surface area contributed by atoms with E-state index >= 15 is 0 Å². The van der Waals surface area contributed by atoms with Crippen molar-refractivity contribution >= 4 is 0 Å². The molecule has 2 heterocycles. The molecular formula is C15H14N4O. The number of nitrogens with zero attached hydrogens (tertiary/aromatic N) is 3. The summed E-state index contributed by atoms with van der Waals surface area (Å²) in [7, 11) is 0. The van der Waals surface area contributed by atoms with Crippen molar-refractivity contribution in [3.05, 3.63) is 66.2 Å². The van der Waals surface area contributed by atoms with Crippen LogP contribution in [0.5, 0.6) is 0 Å². The first-order chi connectivity index (χ1) is 9.83. The summed E-state index contributed by atoms with van der Waals surface area (Å²) in [6.45, 7) is 0. The third kappa shape index (κ3) is 2.73. The molecule has 0 saturated carbocycles. The van der Waals surface area contributed by atoms with Gasteiger partial charge < -0.3 is 10.3 Å². The molecular weight excluding hydrogens is 252 g/mol. The molecule has 0 amide bonds. The van der Waals surface area contributed by atoms with E-state index < -0.39 is 0 Å². The lowest BCUT2D eigenvalue weighted by Crippen LogP contribution is -2.13. The molecule has 5 heteroatoms. The van der Waals surface area contributed by atoms with Crippen molar-refractivity contribution in [3.63, 3.8) is 0 Å². The second-order valence-corrected chi connectivity index (χ2v) is 4.45. The van der Waals surface area contributed by atoms with Crippen molar-refractivity contribution in [2.45, 2.75) is 12.5 Å². The highest BCUT2D eigenvalue weighted by Gasteiger charge is 2.14. The van der Waals surface area contributed by atoms with Crippen LogP contribution in [0, 0.1) is 0 Å². The first-order valence-corrected chi connectivity index (χ1v) is 6.37. The van der Waals surface area contributed by atoms with Crippen molar-refractivity contribution in [1.29, 1.82) is 0 Å². The van der Waals surface area contributed by atoms with E-state index in [1.54, 1.807) is 6.20 Å². The number of nitrogens with two attached hydrogens (primary N) is 1. The highest BCUT2D eigenvalue weighted by molar-refractivity contribution is 5.47. The van der Waals surface area contributed by atoms with E-state index in [9.17, 15) is 0 Å². The maximum Gasteiger partial charge on any atom is 0.228 e. The van der Waals surface area contributed by atoms with Crippen LogP contribution in [0.4, 0.5) is 0 Å². The number of hydrogen-bond acceptors (Lipinski definition) is 5. The molecule has 2 N–H and O–H groups in total. The van der Waals surface area contributed by atoms with Crippen molar-refractivity contribution in [2.24, 2.45) is 5.73 Å². The fourth-order valence-electron chi connectivity index (χ4n) is 1.94. The molecule has 100 valence electrons. The van der Waals surface area contributed by atoms with Crippen LogP contribution in [0.15, 0.2) is 59.3 Å². The van der Waals surface area contributed by atoms with Crippen LogP contribution in [-0.4, -0.2) is 15.1 Å². The van der Waals surface area contributed by atoms with Crippen LogP contribution >= 0.6 is 0 Å². The van der Waals surface area contributed by atoms with Gasteiger partial charge in [-0.25, -0.2) is 0 Å². The van der Waals surface area contributed by atoms with Gasteiger partial charge in [0.1, 0.15) is 5.69 Å². The van der Waals surface area contributed by atoms with Gasteiger partial charge in [-0.1, -0.05) is 41.6 Å². The van der Waals surface area contributed by atoms with Crippen LogP contribution in [0.1, 0.15) is 17.5 Å². The molecule has 0 radical (unpaired) electrons. The molecule has 0 fully saturated rings. The summed E-state index contributed by atoms with van der Waals surface area (Å²) in [5, 5.41) is 3.93. The molecule has 1 unspecified atom stereocenters. The Hall–Kier alpha value is -2.53. The summed E-state index contributed by atoms with van der Waals surface area (Å²) < 4.78 is 5.23. The highest BCUT2D eigenvalue weighted by atomic mass is 16.5. The predicted molar refractivity (Wildman–Crippen MR) is 74.6 cm³/mol. The number of aromatic nitrogens is 3.